The number of ether oxygens (including phenoxy) is 1. The zero-order valence-corrected chi connectivity index (χ0v) is 9.75. The van der Waals surface area contributed by atoms with Gasteiger partial charge in [0.1, 0.15) is 5.75 Å². The Labute approximate surface area is 92.6 Å². The van der Waals surface area contributed by atoms with Gasteiger partial charge < -0.3 is 10.1 Å². The molecule has 0 aliphatic rings. The summed E-state index contributed by atoms with van der Waals surface area (Å²) in [4.78, 5) is 0. The highest BCUT2D eigenvalue weighted by Crippen LogP contribution is 2.14. The predicted molar refractivity (Wildman–Crippen MR) is 64.5 cm³/mol. The van der Waals surface area contributed by atoms with E-state index in [2.05, 4.69) is 30.4 Å². The van der Waals surface area contributed by atoms with Crippen molar-refractivity contribution in [2.24, 2.45) is 0 Å². The van der Waals surface area contributed by atoms with Crippen molar-refractivity contribution in [3.8, 4) is 5.75 Å². The van der Waals surface area contributed by atoms with Crippen LogP contribution in [0.2, 0.25) is 0 Å². The summed E-state index contributed by atoms with van der Waals surface area (Å²) in [5, 5.41) is 3.16. The van der Waals surface area contributed by atoms with E-state index >= 15 is 0 Å². The maximum absolute atomic E-state index is 5.59. The molecule has 84 valence electrons. The minimum atomic E-state index is 0.806. The second-order valence-corrected chi connectivity index (χ2v) is 3.70. The quantitative estimate of drug-likeness (QED) is 0.694. The summed E-state index contributed by atoms with van der Waals surface area (Å²) in [6.45, 7) is 4.00. The van der Waals surface area contributed by atoms with Crippen LogP contribution in [0.3, 0.4) is 0 Å². The van der Waals surface area contributed by atoms with Gasteiger partial charge >= 0.3 is 0 Å². The summed E-state index contributed by atoms with van der Waals surface area (Å²) in [5.74, 6) is 0.999. The van der Waals surface area contributed by atoms with Crippen LogP contribution in [-0.4, -0.2) is 20.2 Å². The normalized spacial score (nSPS) is 10.3. The van der Waals surface area contributed by atoms with Gasteiger partial charge in [-0.2, -0.15) is 0 Å². The highest BCUT2D eigenvalue weighted by atomic mass is 16.5. The van der Waals surface area contributed by atoms with Crippen LogP contribution in [0.15, 0.2) is 24.3 Å². The molecule has 15 heavy (non-hydrogen) atoms. The van der Waals surface area contributed by atoms with Crippen LogP contribution in [-0.2, 0) is 6.42 Å². The lowest BCUT2D eigenvalue weighted by molar-refractivity contribution is 0.317. The van der Waals surface area contributed by atoms with E-state index in [1.54, 1.807) is 0 Å². The molecule has 0 bridgehead atoms. The van der Waals surface area contributed by atoms with Gasteiger partial charge in [0.25, 0.3) is 0 Å². The van der Waals surface area contributed by atoms with Crippen molar-refractivity contribution < 1.29 is 4.74 Å². The van der Waals surface area contributed by atoms with E-state index in [9.17, 15) is 0 Å². The Balaban J connectivity index is 2.42. The molecule has 0 unspecified atom stereocenters. The second-order valence-electron chi connectivity index (χ2n) is 3.70. The molecule has 0 aromatic heterocycles. The minimum Gasteiger partial charge on any atom is -0.494 e. The van der Waals surface area contributed by atoms with Crippen molar-refractivity contribution in [1.82, 2.24) is 5.32 Å². The number of nitrogens with one attached hydrogen (secondary N) is 1. The van der Waals surface area contributed by atoms with E-state index in [-0.39, 0.29) is 0 Å². The van der Waals surface area contributed by atoms with Gasteiger partial charge in [-0.25, -0.2) is 0 Å². The van der Waals surface area contributed by atoms with Crippen LogP contribution in [0.25, 0.3) is 0 Å². The SMILES string of the molecule is CCCOc1cccc(CCCNC)c1. The van der Waals surface area contributed by atoms with Gasteiger partial charge in [0, 0.05) is 0 Å². The maximum atomic E-state index is 5.59. The van der Waals surface area contributed by atoms with Crippen molar-refractivity contribution in [3.05, 3.63) is 29.8 Å². The van der Waals surface area contributed by atoms with Gasteiger partial charge in [-0.1, -0.05) is 19.1 Å². The molecule has 0 atom stereocenters. The average Bonchev–Trinajstić information content (AvgIpc) is 2.27. The van der Waals surface area contributed by atoms with Gasteiger partial charge in [0.05, 0.1) is 6.61 Å². The molecule has 1 N–H and O–H groups in total. The molecule has 0 saturated carbocycles. The lowest BCUT2D eigenvalue weighted by Crippen LogP contribution is -2.08. The van der Waals surface area contributed by atoms with E-state index in [0.717, 1.165) is 31.7 Å². The Morgan fingerprint density at radius 3 is 2.93 bits per heavy atom. The molecular formula is C13H21NO. The first-order valence-corrected chi connectivity index (χ1v) is 5.73. The van der Waals surface area contributed by atoms with Crippen LogP contribution in [0.4, 0.5) is 0 Å². The topological polar surface area (TPSA) is 21.3 Å². The third-order valence-corrected chi connectivity index (χ3v) is 2.26. The van der Waals surface area contributed by atoms with E-state index in [1.807, 2.05) is 13.1 Å². The van der Waals surface area contributed by atoms with Crippen LogP contribution in [0, 0.1) is 0 Å². The minimum absolute atomic E-state index is 0.806. The molecule has 2 nitrogen and oxygen atoms in total. The number of hydrogen-bond donors (Lipinski definition) is 1. The van der Waals surface area contributed by atoms with Crippen LogP contribution >= 0.6 is 0 Å². The predicted octanol–water partition coefficient (Wildman–Crippen LogP) is 2.63. The number of rotatable bonds is 7. The third kappa shape index (κ3) is 4.84. The molecule has 0 spiro atoms. The molecule has 0 fully saturated rings. The molecule has 1 aromatic rings. The van der Waals surface area contributed by atoms with Crippen LogP contribution in [0.1, 0.15) is 25.3 Å². The third-order valence-electron chi connectivity index (χ3n) is 2.26. The zero-order valence-electron chi connectivity index (χ0n) is 9.75. The van der Waals surface area contributed by atoms with Gasteiger partial charge in [-0.15, -0.1) is 0 Å². The molecule has 0 saturated heterocycles. The van der Waals surface area contributed by atoms with Crippen molar-refractivity contribution in [2.75, 3.05) is 20.2 Å². The lowest BCUT2D eigenvalue weighted by Gasteiger charge is -2.06. The summed E-state index contributed by atoms with van der Waals surface area (Å²) in [6.07, 6.45) is 3.35. The first-order chi connectivity index (χ1) is 7.36. The van der Waals surface area contributed by atoms with Crippen molar-refractivity contribution >= 4 is 0 Å². The molecule has 0 radical (unpaired) electrons. The average molecular weight is 207 g/mol. The summed E-state index contributed by atoms with van der Waals surface area (Å²) in [5.41, 5.74) is 1.36. The number of hydrogen-bond acceptors (Lipinski definition) is 2. The summed E-state index contributed by atoms with van der Waals surface area (Å²) >= 11 is 0. The lowest BCUT2D eigenvalue weighted by atomic mass is 10.1. The zero-order chi connectivity index (χ0) is 10.9. The molecule has 2 heteroatoms. The Hall–Kier alpha value is -1.02. The van der Waals surface area contributed by atoms with Gasteiger partial charge in [0.15, 0.2) is 0 Å². The Morgan fingerprint density at radius 2 is 2.20 bits per heavy atom. The number of aryl methyl sites for hydroxylation is 1. The van der Waals surface area contributed by atoms with Crippen molar-refractivity contribution in [3.63, 3.8) is 0 Å². The van der Waals surface area contributed by atoms with E-state index in [1.165, 1.54) is 12.0 Å². The second kappa shape index (κ2) is 7.30. The fourth-order valence-electron chi connectivity index (χ4n) is 1.48. The monoisotopic (exact) mass is 207 g/mol. The molecule has 0 aliphatic carbocycles. The largest absolute Gasteiger partial charge is 0.494 e. The van der Waals surface area contributed by atoms with E-state index in [0.29, 0.717) is 0 Å². The van der Waals surface area contributed by atoms with Gasteiger partial charge in [-0.05, 0) is 50.6 Å². The molecule has 1 rings (SSSR count). The van der Waals surface area contributed by atoms with Gasteiger partial charge in [0.2, 0.25) is 0 Å². The standard InChI is InChI=1S/C13H21NO/c1-3-10-15-13-8-4-6-12(11-13)7-5-9-14-2/h4,6,8,11,14H,3,5,7,9-10H2,1-2H3. The van der Waals surface area contributed by atoms with E-state index in [4.69, 9.17) is 4.74 Å². The van der Waals surface area contributed by atoms with Crippen LogP contribution < -0.4 is 10.1 Å². The van der Waals surface area contributed by atoms with Crippen molar-refractivity contribution in [2.45, 2.75) is 26.2 Å². The Morgan fingerprint density at radius 1 is 1.33 bits per heavy atom. The number of benzene rings is 1. The van der Waals surface area contributed by atoms with Crippen molar-refractivity contribution in [1.29, 1.82) is 0 Å². The highest BCUT2D eigenvalue weighted by molar-refractivity contribution is 5.28. The molecular weight excluding hydrogens is 186 g/mol. The smallest absolute Gasteiger partial charge is 0.119 e. The first kappa shape index (κ1) is 12.1. The maximum Gasteiger partial charge on any atom is 0.119 e. The molecule has 0 aliphatic heterocycles. The molecule has 0 heterocycles. The molecule has 1 aromatic carbocycles. The first-order valence-electron chi connectivity index (χ1n) is 5.73. The van der Waals surface area contributed by atoms with Gasteiger partial charge in [-0.3, -0.25) is 0 Å². The van der Waals surface area contributed by atoms with Crippen LogP contribution in [0.5, 0.6) is 5.75 Å². The fraction of sp³-hybridized carbons (Fsp3) is 0.538. The Bertz CT molecular complexity index is 273. The Kier molecular flexibility index (Phi) is 5.86. The summed E-state index contributed by atoms with van der Waals surface area (Å²) < 4.78 is 5.59. The van der Waals surface area contributed by atoms with E-state index < -0.39 is 0 Å². The summed E-state index contributed by atoms with van der Waals surface area (Å²) in [6, 6.07) is 8.40. The molecule has 0 amide bonds. The fourth-order valence-corrected chi connectivity index (χ4v) is 1.48. The highest BCUT2D eigenvalue weighted by Gasteiger charge is 1.96. The summed E-state index contributed by atoms with van der Waals surface area (Å²) in [7, 11) is 1.99.